The van der Waals surface area contributed by atoms with Crippen LogP contribution in [0.3, 0.4) is 0 Å². The van der Waals surface area contributed by atoms with E-state index in [1.807, 2.05) is 0 Å². The predicted molar refractivity (Wildman–Crippen MR) is 76.1 cm³/mol. The molecule has 20 heavy (non-hydrogen) atoms. The summed E-state index contributed by atoms with van der Waals surface area (Å²) in [6, 6.07) is 6.83. The maximum atomic E-state index is 12.4. The molecule has 0 saturated heterocycles. The minimum Gasteiger partial charge on any atom is -0.497 e. The van der Waals surface area contributed by atoms with Crippen molar-refractivity contribution in [3.05, 3.63) is 24.3 Å². The Labute approximate surface area is 118 Å². The number of amides is 1. The highest BCUT2D eigenvalue weighted by molar-refractivity contribution is 7.55. The van der Waals surface area contributed by atoms with Crippen LogP contribution in [0.4, 0.5) is 5.69 Å². The number of nitrogens with one attached hydrogen (secondary N) is 2. The first-order chi connectivity index (χ1) is 9.50. The van der Waals surface area contributed by atoms with E-state index in [1.54, 1.807) is 31.4 Å². The van der Waals surface area contributed by atoms with E-state index in [-0.39, 0.29) is 0 Å². The van der Waals surface area contributed by atoms with Gasteiger partial charge in [0.05, 0.1) is 7.11 Å². The van der Waals surface area contributed by atoms with Crippen molar-refractivity contribution in [2.24, 2.45) is 0 Å². The lowest BCUT2D eigenvalue weighted by atomic mass is 10.3. The van der Waals surface area contributed by atoms with Gasteiger partial charge in [-0.05, 0) is 24.3 Å². The van der Waals surface area contributed by atoms with Gasteiger partial charge >= 0.3 is 7.60 Å². The summed E-state index contributed by atoms with van der Waals surface area (Å²) in [5, 5.41) is 5.27. The van der Waals surface area contributed by atoms with E-state index in [0.29, 0.717) is 11.4 Å². The van der Waals surface area contributed by atoms with Gasteiger partial charge in [-0.2, -0.15) is 0 Å². The number of carbonyl (C=O) groups excluding carboxylic acids is 1. The second-order valence-electron chi connectivity index (χ2n) is 3.79. The standard InChI is InChI=1S/C12H19N2O5P/c1-13-11(15)12(20(16,18-3)19-4)14-9-5-7-10(17-2)8-6-9/h5-8,12,14H,1-4H3,(H,13,15)/t12-/m1/s1. The molecule has 1 aromatic carbocycles. The molecule has 1 rings (SSSR count). The third kappa shape index (κ3) is 3.72. The normalized spacial score (nSPS) is 12.6. The second-order valence-corrected chi connectivity index (χ2v) is 6.12. The molecule has 0 heterocycles. The molecule has 0 aliphatic rings. The molecule has 0 bridgehead atoms. The van der Waals surface area contributed by atoms with Crippen LogP contribution in [0.2, 0.25) is 0 Å². The number of benzene rings is 1. The Kier molecular flexibility index (Phi) is 6.01. The van der Waals surface area contributed by atoms with Crippen LogP contribution < -0.4 is 15.4 Å². The first-order valence-corrected chi connectivity index (χ1v) is 7.45. The monoisotopic (exact) mass is 302 g/mol. The van der Waals surface area contributed by atoms with Gasteiger partial charge in [-0.1, -0.05) is 0 Å². The number of anilines is 1. The largest absolute Gasteiger partial charge is 0.497 e. The lowest BCUT2D eigenvalue weighted by Gasteiger charge is -2.24. The molecule has 2 N–H and O–H groups in total. The van der Waals surface area contributed by atoms with Crippen LogP contribution >= 0.6 is 7.60 Å². The zero-order valence-corrected chi connectivity index (χ0v) is 12.8. The number of hydrogen-bond donors (Lipinski definition) is 2. The zero-order chi connectivity index (χ0) is 15.2. The van der Waals surface area contributed by atoms with Crippen molar-refractivity contribution in [1.82, 2.24) is 5.32 Å². The molecule has 0 unspecified atom stereocenters. The van der Waals surface area contributed by atoms with Crippen LogP contribution in [0.5, 0.6) is 5.75 Å². The predicted octanol–water partition coefficient (Wildman–Crippen LogP) is 1.67. The second kappa shape index (κ2) is 7.28. The molecule has 0 radical (unpaired) electrons. The van der Waals surface area contributed by atoms with Gasteiger partial charge < -0.3 is 24.4 Å². The average molecular weight is 302 g/mol. The third-order valence-corrected chi connectivity index (χ3v) is 4.73. The Morgan fingerprint density at radius 1 is 1.15 bits per heavy atom. The Morgan fingerprint density at radius 2 is 1.70 bits per heavy atom. The number of carbonyl (C=O) groups is 1. The maximum Gasteiger partial charge on any atom is 0.361 e. The highest BCUT2D eigenvalue weighted by atomic mass is 31.2. The van der Waals surface area contributed by atoms with Crippen LogP contribution in [0, 0.1) is 0 Å². The van der Waals surface area contributed by atoms with E-state index >= 15 is 0 Å². The molecule has 0 aliphatic carbocycles. The van der Waals surface area contributed by atoms with Crippen LogP contribution in [-0.2, 0) is 18.4 Å². The van der Waals surface area contributed by atoms with Crippen molar-refractivity contribution in [3.63, 3.8) is 0 Å². The fourth-order valence-electron chi connectivity index (χ4n) is 1.56. The number of methoxy groups -OCH3 is 1. The van der Waals surface area contributed by atoms with Gasteiger partial charge in [0.15, 0.2) is 0 Å². The van der Waals surface area contributed by atoms with Crippen LogP contribution in [0.15, 0.2) is 24.3 Å². The number of ether oxygens (including phenoxy) is 1. The Hall–Kier alpha value is -1.56. The van der Waals surface area contributed by atoms with Crippen molar-refractivity contribution >= 4 is 19.2 Å². The number of rotatable bonds is 7. The summed E-state index contributed by atoms with van der Waals surface area (Å²) >= 11 is 0. The zero-order valence-electron chi connectivity index (χ0n) is 11.9. The van der Waals surface area contributed by atoms with Crippen LogP contribution in [0.1, 0.15) is 0 Å². The highest BCUT2D eigenvalue weighted by Gasteiger charge is 2.39. The first kappa shape index (κ1) is 16.5. The van der Waals surface area contributed by atoms with Crippen LogP contribution in [0.25, 0.3) is 0 Å². The van der Waals surface area contributed by atoms with Gasteiger partial charge in [-0.3, -0.25) is 9.36 Å². The summed E-state index contributed by atoms with van der Waals surface area (Å²) < 4.78 is 27.2. The third-order valence-electron chi connectivity index (χ3n) is 2.71. The highest BCUT2D eigenvalue weighted by Crippen LogP contribution is 2.51. The smallest absolute Gasteiger partial charge is 0.361 e. The van der Waals surface area contributed by atoms with Gasteiger partial charge in [-0.25, -0.2) is 0 Å². The average Bonchev–Trinajstić information content (AvgIpc) is 2.51. The Balaban J connectivity index is 3.00. The van der Waals surface area contributed by atoms with E-state index in [2.05, 4.69) is 10.6 Å². The SMILES string of the molecule is CNC(=O)[C@H](Nc1ccc(OC)cc1)P(=O)(OC)OC. The van der Waals surface area contributed by atoms with Gasteiger partial charge in [0, 0.05) is 27.0 Å². The van der Waals surface area contributed by atoms with Gasteiger partial charge in [0.25, 0.3) is 5.91 Å². The summed E-state index contributed by atoms with van der Waals surface area (Å²) in [7, 11) is 1.86. The summed E-state index contributed by atoms with van der Waals surface area (Å²) in [6.07, 6.45) is 0. The topological polar surface area (TPSA) is 85.9 Å². The summed E-state index contributed by atoms with van der Waals surface area (Å²) in [4.78, 5) is 11.9. The molecule has 7 nitrogen and oxygen atoms in total. The van der Waals surface area contributed by atoms with E-state index in [4.69, 9.17) is 13.8 Å². The molecule has 1 amide bonds. The fraction of sp³-hybridized carbons (Fsp3) is 0.417. The first-order valence-electron chi connectivity index (χ1n) is 5.84. The van der Waals surface area contributed by atoms with Crippen molar-refractivity contribution in [1.29, 1.82) is 0 Å². The minimum absolute atomic E-state index is 0.493. The molecular weight excluding hydrogens is 283 g/mol. The lowest BCUT2D eigenvalue weighted by Crippen LogP contribution is -2.38. The molecule has 0 fully saturated rings. The molecule has 0 aliphatic heterocycles. The van der Waals surface area contributed by atoms with Gasteiger partial charge in [0.2, 0.25) is 5.78 Å². The summed E-state index contributed by atoms with van der Waals surface area (Å²) in [5.41, 5.74) is 0.591. The lowest BCUT2D eigenvalue weighted by molar-refractivity contribution is -0.120. The number of likely N-dealkylation sites (N-methyl/N-ethyl adjacent to an activating group) is 1. The Morgan fingerprint density at radius 3 is 2.10 bits per heavy atom. The molecule has 0 aromatic heterocycles. The van der Waals surface area contributed by atoms with E-state index < -0.39 is 19.3 Å². The maximum absolute atomic E-state index is 12.4. The molecule has 1 atom stereocenters. The van der Waals surface area contributed by atoms with Crippen molar-refractivity contribution < 1.29 is 23.1 Å². The minimum atomic E-state index is -3.60. The molecule has 1 aromatic rings. The van der Waals surface area contributed by atoms with Crippen LogP contribution in [-0.4, -0.2) is 40.1 Å². The van der Waals surface area contributed by atoms with Crippen molar-refractivity contribution in [3.8, 4) is 5.75 Å². The molecular formula is C12H19N2O5P. The Bertz CT molecular complexity index is 483. The van der Waals surface area contributed by atoms with Crippen molar-refractivity contribution in [2.45, 2.75) is 5.78 Å². The quantitative estimate of drug-likeness (QED) is 0.745. The molecule has 8 heteroatoms. The van der Waals surface area contributed by atoms with E-state index in [0.717, 1.165) is 0 Å². The molecule has 112 valence electrons. The summed E-state index contributed by atoms with van der Waals surface area (Å²) in [5.74, 6) is -0.961. The van der Waals surface area contributed by atoms with Crippen molar-refractivity contribution in [2.75, 3.05) is 33.7 Å². The summed E-state index contributed by atoms with van der Waals surface area (Å²) in [6.45, 7) is 0. The van der Waals surface area contributed by atoms with E-state index in [9.17, 15) is 9.36 Å². The van der Waals surface area contributed by atoms with E-state index in [1.165, 1.54) is 21.3 Å². The molecule has 0 spiro atoms. The van der Waals surface area contributed by atoms with Gasteiger partial charge in [-0.15, -0.1) is 0 Å². The van der Waals surface area contributed by atoms with Gasteiger partial charge in [0.1, 0.15) is 5.75 Å². The fourth-order valence-corrected chi connectivity index (χ4v) is 2.85. The number of hydrogen-bond acceptors (Lipinski definition) is 6. The molecule has 0 saturated carbocycles.